The third kappa shape index (κ3) is 2.08. The molecule has 3 rings (SSSR count). The van der Waals surface area contributed by atoms with Gasteiger partial charge in [-0.1, -0.05) is 0 Å². The van der Waals surface area contributed by atoms with Crippen LogP contribution < -0.4 is 16.9 Å². The summed E-state index contributed by atoms with van der Waals surface area (Å²) >= 11 is 0. The van der Waals surface area contributed by atoms with Crippen molar-refractivity contribution in [2.45, 2.75) is 0 Å². The van der Waals surface area contributed by atoms with Crippen molar-refractivity contribution >= 4 is 17.0 Å². The highest BCUT2D eigenvalue weighted by Crippen LogP contribution is 2.15. The minimum absolute atomic E-state index is 0.224. The molecule has 118 valence electrons. The number of hydrogen-bond acceptors (Lipinski definition) is 5. The summed E-state index contributed by atoms with van der Waals surface area (Å²) in [6, 6.07) is 4.61. The van der Waals surface area contributed by atoms with Crippen molar-refractivity contribution in [3.63, 3.8) is 0 Å². The van der Waals surface area contributed by atoms with Gasteiger partial charge < -0.3 is 5.11 Å². The summed E-state index contributed by atoms with van der Waals surface area (Å²) in [5.74, 6) is -1.55. The second kappa shape index (κ2) is 4.80. The molecule has 1 aromatic carbocycles. The molecule has 0 aliphatic carbocycles. The normalized spacial score (nSPS) is 11.0. The van der Waals surface area contributed by atoms with Crippen LogP contribution in [-0.4, -0.2) is 35.0 Å². The minimum atomic E-state index is -1.55. The van der Waals surface area contributed by atoms with Crippen LogP contribution in [0.3, 0.4) is 0 Å². The molecule has 0 unspecified atom stereocenters. The van der Waals surface area contributed by atoms with Gasteiger partial charge in [-0.05, 0) is 18.2 Å². The standard InChI is InChI=1S/C13H11N5O5/c1-16-7-4-3-6(5-8(7)17(2)13(16)23)18-12(22)14-10(19)9(15-18)11(20)21/h3-5H,1-2H3,(H,20,21)(H,14,19,22). The zero-order chi connectivity index (χ0) is 16.9. The quantitative estimate of drug-likeness (QED) is 0.611. The van der Waals surface area contributed by atoms with Gasteiger partial charge in [0, 0.05) is 14.1 Å². The molecule has 0 fully saturated rings. The van der Waals surface area contributed by atoms with E-state index in [2.05, 4.69) is 5.10 Å². The molecule has 3 aromatic rings. The molecule has 0 atom stereocenters. The Balaban J connectivity index is 2.33. The van der Waals surface area contributed by atoms with Crippen LogP contribution >= 0.6 is 0 Å². The Morgan fingerprint density at radius 2 is 1.78 bits per heavy atom. The number of benzene rings is 1. The van der Waals surface area contributed by atoms with Gasteiger partial charge in [0.25, 0.3) is 5.56 Å². The van der Waals surface area contributed by atoms with Gasteiger partial charge in [0.05, 0.1) is 16.7 Å². The highest BCUT2D eigenvalue weighted by molar-refractivity contribution is 5.84. The Morgan fingerprint density at radius 3 is 2.43 bits per heavy atom. The van der Waals surface area contributed by atoms with Crippen molar-refractivity contribution in [3.8, 4) is 5.69 Å². The number of aromatic amines is 1. The average Bonchev–Trinajstić information content (AvgIpc) is 2.71. The molecular weight excluding hydrogens is 306 g/mol. The first-order valence-corrected chi connectivity index (χ1v) is 6.44. The van der Waals surface area contributed by atoms with E-state index < -0.39 is 22.9 Å². The van der Waals surface area contributed by atoms with Crippen LogP contribution in [0, 0.1) is 0 Å². The van der Waals surface area contributed by atoms with Crippen molar-refractivity contribution < 1.29 is 9.90 Å². The molecule has 10 heteroatoms. The SMILES string of the molecule is Cn1c(=O)n(C)c2cc(-n3nc(C(=O)O)c(=O)[nH]c3=O)ccc21. The first-order chi connectivity index (χ1) is 10.8. The first-order valence-electron chi connectivity index (χ1n) is 6.44. The molecule has 10 nitrogen and oxygen atoms in total. The zero-order valence-electron chi connectivity index (χ0n) is 12.1. The molecular formula is C13H11N5O5. The molecule has 2 N–H and O–H groups in total. The molecule has 0 saturated heterocycles. The van der Waals surface area contributed by atoms with Crippen LogP contribution in [0.15, 0.2) is 32.6 Å². The van der Waals surface area contributed by atoms with Gasteiger partial charge in [0.1, 0.15) is 0 Å². The number of rotatable bonds is 2. The number of aromatic nitrogens is 5. The number of imidazole rings is 1. The fraction of sp³-hybridized carbons (Fsp3) is 0.154. The Bertz CT molecular complexity index is 1130. The van der Waals surface area contributed by atoms with Gasteiger partial charge in [-0.25, -0.2) is 14.4 Å². The predicted molar refractivity (Wildman–Crippen MR) is 79.1 cm³/mol. The summed E-state index contributed by atoms with van der Waals surface area (Å²) in [6.07, 6.45) is 0. The first kappa shape index (κ1) is 14.5. The molecule has 0 amide bonds. The zero-order valence-corrected chi connectivity index (χ0v) is 12.1. The smallest absolute Gasteiger partial charge is 0.362 e. The number of nitrogens with one attached hydrogen (secondary N) is 1. The highest BCUT2D eigenvalue weighted by atomic mass is 16.4. The number of carbonyl (C=O) groups is 1. The van der Waals surface area contributed by atoms with E-state index in [0.29, 0.717) is 11.0 Å². The molecule has 0 radical (unpaired) electrons. The highest BCUT2D eigenvalue weighted by Gasteiger charge is 2.16. The lowest BCUT2D eigenvalue weighted by Crippen LogP contribution is -2.35. The summed E-state index contributed by atoms with van der Waals surface area (Å²) in [4.78, 5) is 48.1. The topological polar surface area (TPSA) is 132 Å². The molecule has 0 bridgehead atoms. The molecule has 0 aliphatic rings. The second-order valence-electron chi connectivity index (χ2n) is 4.90. The third-order valence-corrected chi connectivity index (χ3v) is 3.53. The largest absolute Gasteiger partial charge is 0.476 e. The Kier molecular flexibility index (Phi) is 3.03. The molecule has 23 heavy (non-hydrogen) atoms. The van der Waals surface area contributed by atoms with Crippen LogP contribution in [0.4, 0.5) is 0 Å². The second-order valence-corrected chi connectivity index (χ2v) is 4.90. The van der Waals surface area contributed by atoms with Crippen molar-refractivity contribution in [3.05, 3.63) is 55.2 Å². The number of nitrogens with zero attached hydrogens (tertiary/aromatic N) is 4. The number of carboxylic acids is 1. The van der Waals surface area contributed by atoms with E-state index in [1.807, 2.05) is 4.98 Å². The average molecular weight is 317 g/mol. The van der Waals surface area contributed by atoms with E-state index in [-0.39, 0.29) is 11.4 Å². The maximum Gasteiger partial charge on any atom is 0.362 e. The van der Waals surface area contributed by atoms with E-state index in [9.17, 15) is 19.2 Å². The van der Waals surface area contributed by atoms with Crippen molar-refractivity contribution in [2.75, 3.05) is 0 Å². The van der Waals surface area contributed by atoms with Crippen LogP contribution in [-0.2, 0) is 14.1 Å². The summed E-state index contributed by atoms with van der Waals surface area (Å²) in [7, 11) is 3.18. The minimum Gasteiger partial charge on any atom is -0.476 e. The number of aromatic carboxylic acids is 1. The van der Waals surface area contributed by atoms with Crippen molar-refractivity contribution in [1.82, 2.24) is 23.9 Å². The maximum absolute atomic E-state index is 11.9. The van der Waals surface area contributed by atoms with E-state index in [0.717, 1.165) is 4.68 Å². The fourth-order valence-electron chi connectivity index (χ4n) is 2.34. The number of H-pyrrole nitrogens is 1. The molecule has 0 saturated carbocycles. The molecule has 2 heterocycles. The Labute approximate surface area is 126 Å². The fourth-order valence-corrected chi connectivity index (χ4v) is 2.34. The van der Waals surface area contributed by atoms with Crippen LogP contribution in [0.25, 0.3) is 16.7 Å². The summed E-state index contributed by atoms with van der Waals surface area (Å²) in [5.41, 5.74) is -1.60. The van der Waals surface area contributed by atoms with Gasteiger partial charge in [0.15, 0.2) is 0 Å². The Morgan fingerprint density at radius 1 is 1.13 bits per heavy atom. The van der Waals surface area contributed by atoms with Gasteiger partial charge in [0.2, 0.25) is 5.69 Å². The predicted octanol–water partition coefficient (Wildman–Crippen LogP) is -1.19. The number of fused-ring (bicyclic) bond motifs is 1. The van der Waals surface area contributed by atoms with Crippen molar-refractivity contribution in [1.29, 1.82) is 0 Å². The van der Waals surface area contributed by atoms with Crippen LogP contribution in [0.5, 0.6) is 0 Å². The van der Waals surface area contributed by atoms with Gasteiger partial charge in [-0.2, -0.15) is 9.78 Å². The van der Waals surface area contributed by atoms with E-state index in [1.165, 1.54) is 21.3 Å². The third-order valence-electron chi connectivity index (χ3n) is 3.53. The number of aryl methyl sites for hydroxylation is 2. The lowest BCUT2D eigenvalue weighted by molar-refractivity contribution is 0.0685. The lowest BCUT2D eigenvalue weighted by atomic mass is 10.2. The maximum atomic E-state index is 11.9. The monoisotopic (exact) mass is 317 g/mol. The van der Waals surface area contributed by atoms with Gasteiger partial charge in [-0.3, -0.25) is 18.9 Å². The molecule has 2 aromatic heterocycles. The number of carboxylic acid groups (broad SMARTS) is 1. The Hall–Kier alpha value is -3.43. The van der Waals surface area contributed by atoms with Gasteiger partial charge >= 0.3 is 17.3 Å². The van der Waals surface area contributed by atoms with E-state index >= 15 is 0 Å². The summed E-state index contributed by atoms with van der Waals surface area (Å²) < 4.78 is 3.58. The molecule has 0 aliphatic heterocycles. The van der Waals surface area contributed by atoms with Gasteiger partial charge in [-0.15, -0.1) is 0 Å². The van der Waals surface area contributed by atoms with Crippen LogP contribution in [0.2, 0.25) is 0 Å². The molecule has 0 spiro atoms. The van der Waals surface area contributed by atoms with Crippen LogP contribution in [0.1, 0.15) is 10.5 Å². The summed E-state index contributed by atoms with van der Waals surface area (Å²) in [6.45, 7) is 0. The van der Waals surface area contributed by atoms with E-state index in [1.54, 1.807) is 20.2 Å². The number of hydrogen-bond donors (Lipinski definition) is 2. The van der Waals surface area contributed by atoms with Crippen molar-refractivity contribution in [2.24, 2.45) is 14.1 Å². The lowest BCUT2D eigenvalue weighted by Gasteiger charge is -2.05. The van der Waals surface area contributed by atoms with E-state index in [4.69, 9.17) is 5.11 Å². The summed E-state index contributed by atoms with van der Waals surface area (Å²) in [5, 5.41) is 12.5.